The summed E-state index contributed by atoms with van der Waals surface area (Å²) in [6, 6.07) is 1.69. The van der Waals surface area contributed by atoms with Gasteiger partial charge in [-0.05, 0) is 18.1 Å². The maximum absolute atomic E-state index is 13.0. The fourth-order valence-corrected chi connectivity index (χ4v) is 1.68. The Morgan fingerprint density at radius 1 is 1.38 bits per heavy atom. The van der Waals surface area contributed by atoms with E-state index in [9.17, 15) is 17.2 Å². The molecule has 0 saturated heterocycles. The summed E-state index contributed by atoms with van der Waals surface area (Å²) in [6.45, 7) is -0.207. The average molecular weight is 271 g/mol. The highest BCUT2D eigenvalue weighted by Gasteiger charge is 2.10. The number of halogens is 3. The van der Waals surface area contributed by atoms with Crippen LogP contribution in [-0.2, 0) is 20.7 Å². The van der Waals surface area contributed by atoms with Gasteiger partial charge in [0.1, 0.15) is 11.6 Å². The van der Waals surface area contributed by atoms with Crippen LogP contribution < -0.4 is 0 Å². The first-order chi connectivity index (χ1) is 7.29. The SMILES string of the molecule is CS(=O)(=O)OCCc1cc(F)cc(F)c1Cl. The van der Waals surface area contributed by atoms with Crippen LogP contribution in [0, 0.1) is 11.6 Å². The molecule has 7 heteroatoms. The van der Waals surface area contributed by atoms with Gasteiger partial charge in [0.25, 0.3) is 10.1 Å². The molecule has 3 nitrogen and oxygen atoms in total. The number of benzene rings is 1. The topological polar surface area (TPSA) is 43.4 Å². The molecule has 0 N–H and O–H groups in total. The van der Waals surface area contributed by atoms with Gasteiger partial charge < -0.3 is 0 Å². The lowest BCUT2D eigenvalue weighted by Crippen LogP contribution is -2.07. The van der Waals surface area contributed by atoms with Gasteiger partial charge in [0.05, 0.1) is 17.9 Å². The van der Waals surface area contributed by atoms with E-state index in [1.165, 1.54) is 0 Å². The molecule has 1 rings (SSSR count). The van der Waals surface area contributed by atoms with Gasteiger partial charge in [-0.2, -0.15) is 8.42 Å². The highest BCUT2D eigenvalue weighted by Crippen LogP contribution is 2.22. The zero-order valence-electron chi connectivity index (χ0n) is 8.34. The lowest BCUT2D eigenvalue weighted by Gasteiger charge is -2.05. The molecule has 0 heterocycles. The summed E-state index contributed by atoms with van der Waals surface area (Å²) in [6.07, 6.45) is 0.904. The van der Waals surface area contributed by atoms with Crippen molar-refractivity contribution in [2.75, 3.05) is 12.9 Å². The lowest BCUT2D eigenvalue weighted by atomic mass is 10.1. The summed E-state index contributed by atoms with van der Waals surface area (Å²) in [7, 11) is -3.56. The molecule has 90 valence electrons. The first kappa shape index (κ1) is 13.3. The van der Waals surface area contributed by atoms with E-state index < -0.39 is 21.8 Å². The van der Waals surface area contributed by atoms with Crippen molar-refractivity contribution in [3.8, 4) is 0 Å². The van der Waals surface area contributed by atoms with E-state index >= 15 is 0 Å². The summed E-state index contributed by atoms with van der Waals surface area (Å²) in [5, 5.41) is -0.224. The standard InChI is InChI=1S/C9H9ClF2O3S/c1-16(13,14)15-3-2-6-4-7(11)5-8(12)9(6)10/h4-5H,2-3H2,1H3. The third-order valence-corrected chi connectivity index (χ3v) is 2.76. The normalized spacial score (nSPS) is 11.8. The van der Waals surface area contributed by atoms with Crippen LogP contribution in [-0.4, -0.2) is 21.3 Å². The first-order valence-corrected chi connectivity index (χ1v) is 6.47. The Labute approximate surface area is 97.1 Å². The Kier molecular flexibility index (Phi) is 4.23. The second-order valence-electron chi connectivity index (χ2n) is 3.14. The molecule has 0 aliphatic carbocycles. The molecule has 0 aliphatic rings. The second kappa shape index (κ2) is 5.07. The maximum atomic E-state index is 13.0. The van der Waals surface area contributed by atoms with Crippen LogP contribution in [0.25, 0.3) is 0 Å². The molecule has 0 aromatic heterocycles. The van der Waals surface area contributed by atoms with Gasteiger partial charge in [-0.3, -0.25) is 4.18 Å². The molecule has 0 radical (unpaired) electrons. The van der Waals surface area contributed by atoms with E-state index in [0.29, 0.717) is 6.07 Å². The monoisotopic (exact) mass is 270 g/mol. The van der Waals surface area contributed by atoms with Gasteiger partial charge in [-0.25, -0.2) is 8.78 Å². The molecular formula is C9H9ClF2O3S. The van der Waals surface area contributed by atoms with Gasteiger partial charge in [-0.15, -0.1) is 0 Å². The highest BCUT2D eigenvalue weighted by molar-refractivity contribution is 7.85. The molecule has 0 spiro atoms. The third kappa shape index (κ3) is 4.03. The quantitative estimate of drug-likeness (QED) is 0.622. The van der Waals surface area contributed by atoms with Gasteiger partial charge in [0.2, 0.25) is 0 Å². The van der Waals surface area contributed by atoms with Gasteiger partial charge >= 0.3 is 0 Å². The zero-order chi connectivity index (χ0) is 12.3. The molecule has 0 saturated carbocycles. The summed E-state index contributed by atoms with van der Waals surface area (Å²) >= 11 is 5.57. The molecule has 0 bridgehead atoms. The fraction of sp³-hybridized carbons (Fsp3) is 0.333. The molecule has 1 aromatic carbocycles. The van der Waals surface area contributed by atoms with E-state index in [4.69, 9.17) is 11.6 Å². The minimum atomic E-state index is -3.56. The smallest absolute Gasteiger partial charge is 0.264 e. The van der Waals surface area contributed by atoms with E-state index in [0.717, 1.165) is 12.3 Å². The van der Waals surface area contributed by atoms with E-state index in [1.807, 2.05) is 0 Å². The Balaban J connectivity index is 2.75. The lowest BCUT2D eigenvalue weighted by molar-refractivity contribution is 0.325. The van der Waals surface area contributed by atoms with Gasteiger partial charge in [-0.1, -0.05) is 11.6 Å². The first-order valence-electron chi connectivity index (χ1n) is 4.27. The second-order valence-corrected chi connectivity index (χ2v) is 5.16. The molecule has 0 atom stereocenters. The minimum Gasteiger partial charge on any atom is -0.270 e. The number of hydrogen-bond acceptors (Lipinski definition) is 3. The summed E-state index contributed by atoms with van der Waals surface area (Å²) < 4.78 is 51.5. The van der Waals surface area contributed by atoms with Gasteiger partial charge in [0, 0.05) is 6.07 Å². The average Bonchev–Trinajstić information content (AvgIpc) is 2.11. The van der Waals surface area contributed by atoms with Crippen molar-refractivity contribution in [2.45, 2.75) is 6.42 Å². The van der Waals surface area contributed by atoms with Crippen LogP contribution in [0.15, 0.2) is 12.1 Å². The van der Waals surface area contributed by atoms with Crippen molar-refractivity contribution in [3.63, 3.8) is 0 Å². The molecule has 1 aromatic rings. The van der Waals surface area contributed by atoms with Crippen molar-refractivity contribution in [3.05, 3.63) is 34.4 Å². The highest BCUT2D eigenvalue weighted by atomic mass is 35.5. The molecule has 16 heavy (non-hydrogen) atoms. The van der Waals surface area contributed by atoms with Crippen molar-refractivity contribution >= 4 is 21.7 Å². The maximum Gasteiger partial charge on any atom is 0.264 e. The molecule has 0 fully saturated rings. The Morgan fingerprint density at radius 3 is 2.56 bits per heavy atom. The van der Waals surface area contributed by atoms with Crippen LogP contribution >= 0.6 is 11.6 Å². The van der Waals surface area contributed by atoms with Crippen LogP contribution in [0.5, 0.6) is 0 Å². The van der Waals surface area contributed by atoms with Gasteiger partial charge in [0.15, 0.2) is 0 Å². The van der Waals surface area contributed by atoms with Crippen molar-refractivity contribution < 1.29 is 21.4 Å². The Morgan fingerprint density at radius 2 is 2.00 bits per heavy atom. The summed E-state index contributed by atoms with van der Waals surface area (Å²) in [5.41, 5.74) is 0.169. The summed E-state index contributed by atoms with van der Waals surface area (Å²) in [5.74, 6) is -1.65. The van der Waals surface area contributed by atoms with Crippen molar-refractivity contribution in [2.24, 2.45) is 0 Å². The number of rotatable bonds is 4. The minimum absolute atomic E-state index is 0.0145. The van der Waals surface area contributed by atoms with Crippen LogP contribution in [0.1, 0.15) is 5.56 Å². The van der Waals surface area contributed by atoms with E-state index in [2.05, 4.69) is 4.18 Å². The summed E-state index contributed by atoms with van der Waals surface area (Å²) in [4.78, 5) is 0. The predicted molar refractivity (Wildman–Crippen MR) is 55.9 cm³/mol. The van der Waals surface area contributed by atoms with Crippen LogP contribution in [0.2, 0.25) is 5.02 Å². The van der Waals surface area contributed by atoms with Crippen molar-refractivity contribution in [1.82, 2.24) is 0 Å². The fourth-order valence-electron chi connectivity index (χ4n) is 1.09. The Hall–Kier alpha value is -0.720. The largest absolute Gasteiger partial charge is 0.270 e. The zero-order valence-corrected chi connectivity index (χ0v) is 9.91. The molecule has 0 aliphatic heterocycles. The molecule has 0 unspecified atom stereocenters. The molecular weight excluding hydrogens is 262 g/mol. The van der Waals surface area contributed by atoms with Crippen LogP contribution in [0.4, 0.5) is 8.78 Å². The predicted octanol–water partition coefficient (Wildman–Crippen LogP) is 2.14. The van der Waals surface area contributed by atoms with Crippen LogP contribution in [0.3, 0.4) is 0 Å². The number of hydrogen-bond donors (Lipinski definition) is 0. The molecule has 0 amide bonds. The van der Waals surface area contributed by atoms with E-state index in [-0.39, 0.29) is 23.6 Å². The Bertz CT molecular complexity index is 488. The van der Waals surface area contributed by atoms with E-state index in [1.54, 1.807) is 0 Å². The van der Waals surface area contributed by atoms with Crippen molar-refractivity contribution in [1.29, 1.82) is 0 Å². The third-order valence-electron chi connectivity index (χ3n) is 1.74.